The molecule has 1 N–H and O–H groups in total. The smallest absolute Gasteiger partial charge is 0.330 e. The van der Waals surface area contributed by atoms with Gasteiger partial charge in [0.2, 0.25) is 5.91 Å². The lowest BCUT2D eigenvalue weighted by Gasteiger charge is -2.08. The molecular formula is C21H21N3O4. The van der Waals surface area contributed by atoms with E-state index in [1.165, 1.54) is 30.0 Å². The molecular weight excluding hydrogens is 358 g/mol. The standard InChI is InChI=1S/C21H21N3O4/c1-23-14-17(20(26)24(2)21(23)27)8-10-19(25)22-11-12-28-18-9-7-15-5-3-4-6-16(15)13-18/h3-10,13-14H,11-12H2,1-2H3,(H,22,25)/b10-8+. The van der Waals surface area contributed by atoms with Gasteiger partial charge in [-0.1, -0.05) is 30.3 Å². The minimum absolute atomic E-state index is 0.257. The largest absolute Gasteiger partial charge is 0.492 e. The van der Waals surface area contributed by atoms with Crippen molar-refractivity contribution in [2.45, 2.75) is 0 Å². The van der Waals surface area contributed by atoms with Crippen LogP contribution in [0.5, 0.6) is 5.75 Å². The van der Waals surface area contributed by atoms with Crippen molar-refractivity contribution in [3.05, 3.63) is 81.1 Å². The monoisotopic (exact) mass is 379 g/mol. The van der Waals surface area contributed by atoms with Gasteiger partial charge in [0.1, 0.15) is 12.4 Å². The second-order valence-electron chi connectivity index (χ2n) is 6.32. The van der Waals surface area contributed by atoms with Crippen LogP contribution in [-0.2, 0) is 18.9 Å². The molecule has 0 aliphatic rings. The fraction of sp³-hybridized carbons (Fsp3) is 0.190. The van der Waals surface area contributed by atoms with E-state index < -0.39 is 11.2 Å². The van der Waals surface area contributed by atoms with Gasteiger partial charge in [0.15, 0.2) is 0 Å². The van der Waals surface area contributed by atoms with Crippen LogP contribution in [0.3, 0.4) is 0 Å². The number of amides is 1. The molecule has 0 radical (unpaired) electrons. The number of fused-ring (bicyclic) bond motifs is 1. The van der Waals surface area contributed by atoms with Crippen LogP contribution in [0.4, 0.5) is 0 Å². The second-order valence-corrected chi connectivity index (χ2v) is 6.32. The number of aryl methyl sites for hydroxylation is 1. The average Bonchev–Trinajstić information content (AvgIpc) is 2.71. The van der Waals surface area contributed by atoms with Crippen molar-refractivity contribution < 1.29 is 9.53 Å². The van der Waals surface area contributed by atoms with Crippen LogP contribution in [-0.4, -0.2) is 28.2 Å². The summed E-state index contributed by atoms with van der Waals surface area (Å²) in [6.45, 7) is 0.640. The van der Waals surface area contributed by atoms with E-state index in [-0.39, 0.29) is 11.5 Å². The third-order valence-corrected chi connectivity index (χ3v) is 4.28. The van der Waals surface area contributed by atoms with Gasteiger partial charge in [-0.2, -0.15) is 0 Å². The number of hydrogen-bond acceptors (Lipinski definition) is 4. The Morgan fingerprint density at radius 1 is 1.11 bits per heavy atom. The third-order valence-electron chi connectivity index (χ3n) is 4.28. The molecule has 2 aromatic carbocycles. The van der Waals surface area contributed by atoms with E-state index in [4.69, 9.17) is 4.74 Å². The van der Waals surface area contributed by atoms with Crippen molar-refractivity contribution in [1.29, 1.82) is 0 Å². The predicted molar refractivity (Wildman–Crippen MR) is 108 cm³/mol. The van der Waals surface area contributed by atoms with Crippen LogP contribution in [0.2, 0.25) is 0 Å². The molecule has 0 aliphatic heterocycles. The van der Waals surface area contributed by atoms with Crippen LogP contribution in [0.1, 0.15) is 5.56 Å². The van der Waals surface area contributed by atoms with Gasteiger partial charge in [-0.15, -0.1) is 0 Å². The first-order valence-corrected chi connectivity index (χ1v) is 8.80. The van der Waals surface area contributed by atoms with Crippen LogP contribution in [0.25, 0.3) is 16.8 Å². The highest BCUT2D eigenvalue weighted by Crippen LogP contribution is 2.20. The lowest BCUT2D eigenvalue weighted by molar-refractivity contribution is -0.116. The summed E-state index contributed by atoms with van der Waals surface area (Å²) >= 11 is 0. The van der Waals surface area contributed by atoms with Crippen LogP contribution in [0.15, 0.2) is 64.3 Å². The quantitative estimate of drug-likeness (QED) is 0.519. The molecule has 0 fully saturated rings. The summed E-state index contributed by atoms with van der Waals surface area (Å²) in [6, 6.07) is 13.8. The van der Waals surface area contributed by atoms with E-state index in [2.05, 4.69) is 5.32 Å². The molecule has 0 unspecified atom stereocenters. The topological polar surface area (TPSA) is 82.3 Å². The molecule has 1 aromatic heterocycles. The van der Waals surface area contributed by atoms with Gasteiger partial charge in [-0.25, -0.2) is 4.79 Å². The van der Waals surface area contributed by atoms with Crippen LogP contribution < -0.4 is 21.3 Å². The van der Waals surface area contributed by atoms with Crippen LogP contribution in [0, 0.1) is 0 Å². The Balaban J connectivity index is 1.52. The van der Waals surface area contributed by atoms with Crippen molar-refractivity contribution in [3.63, 3.8) is 0 Å². The molecule has 0 saturated carbocycles. The second kappa shape index (κ2) is 8.39. The van der Waals surface area contributed by atoms with Crippen LogP contribution >= 0.6 is 0 Å². The van der Waals surface area contributed by atoms with E-state index in [0.29, 0.717) is 13.2 Å². The Morgan fingerprint density at radius 2 is 1.86 bits per heavy atom. The molecule has 0 aliphatic carbocycles. The number of carbonyl (C=O) groups is 1. The summed E-state index contributed by atoms with van der Waals surface area (Å²) in [4.78, 5) is 35.6. The first-order valence-electron chi connectivity index (χ1n) is 8.80. The summed E-state index contributed by atoms with van der Waals surface area (Å²) in [5.74, 6) is 0.384. The SMILES string of the molecule is Cn1cc(/C=C/C(=O)NCCOc2ccc3ccccc3c2)c(=O)n(C)c1=O. The maximum absolute atomic E-state index is 12.0. The number of ether oxygens (including phenoxy) is 1. The van der Waals surface area contributed by atoms with Gasteiger partial charge in [-0.05, 0) is 29.0 Å². The predicted octanol–water partition coefficient (Wildman–Crippen LogP) is 1.45. The van der Waals surface area contributed by atoms with Gasteiger partial charge < -0.3 is 14.6 Å². The van der Waals surface area contributed by atoms with Gasteiger partial charge in [0, 0.05) is 26.4 Å². The summed E-state index contributed by atoms with van der Waals surface area (Å²) in [6.07, 6.45) is 4.05. The van der Waals surface area contributed by atoms with Crippen molar-refractivity contribution >= 4 is 22.8 Å². The number of nitrogens with one attached hydrogen (secondary N) is 1. The Kier molecular flexibility index (Phi) is 5.74. The number of rotatable bonds is 6. The highest BCUT2D eigenvalue weighted by molar-refractivity contribution is 5.91. The van der Waals surface area contributed by atoms with Gasteiger partial charge in [-0.3, -0.25) is 14.2 Å². The fourth-order valence-electron chi connectivity index (χ4n) is 2.78. The van der Waals surface area contributed by atoms with E-state index in [1.54, 1.807) is 7.05 Å². The highest BCUT2D eigenvalue weighted by atomic mass is 16.5. The first-order chi connectivity index (χ1) is 13.5. The fourth-order valence-corrected chi connectivity index (χ4v) is 2.78. The average molecular weight is 379 g/mol. The van der Waals surface area contributed by atoms with E-state index in [0.717, 1.165) is 21.1 Å². The number of benzene rings is 2. The number of aromatic nitrogens is 2. The molecule has 3 aromatic rings. The molecule has 1 amide bonds. The lowest BCUT2D eigenvalue weighted by atomic mass is 10.1. The van der Waals surface area contributed by atoms with Gasteiger partial charge in [0.05, 0.1) is 12.1 Å². The molecule has 0 bridgehead atoms. The molecule has 28 heavy (non-hydrogen) atoms. The van der Waals surface area contributed by atoms with E-state index in [9.17, 15) is 14.4 Å². The van der Waals surface area contributed by atoms with Gasteiger partial charge in [0.25, 0.3) is 5.56 Å². The Morgan fingerprint density at radius 3 is 2.64 bits per heavy atom. The minimum atomic E-state index is -0.452. The highest BCUT2D eigenvalue weighted by Gasteiger charge is 2.04. The van der Waals surface area contributed by atoms with Crippen molar-refractivity contribution in [2.75, 3.05) is 13.2 Å². The van der Waals surface area contributed by atoms with Crippen molar-refractivity contribution in [2.24, 2.45) is 14.1 Å². The molecule has 3 rings (SSSR count). The summed E-state index contributed by atoms with van der Waals surface area (Å²) in [7, 11) is 2.94. The number of carbonyl (C=O) groups excluding carboxylic acids is 1. The summed E-state index contributed by atoms with van der Waals surface area (Å²) < 4.78 is 7.94. The third kappa shape index (κ3) is 4.37. The van der Waals surface area contributed by atoms with Gasteiger partial charge >= 0.3 is 5.69 Å². The normalized spacial score (nSPS) is 11.1. The van der Waals surface area contributed by atoms with Crippen molar-refractivity contribution in [3.8, 4) is 5.75 Å². The summed E-state index contributed by atoms with van der Waals surface area (Å²) in [5, 5.41) is 4.92. The molecule has 7 nitrogen and oxygen atoms in total. The number of nitrogens with zero attached hydrogens (tertiary/aromatic N) is 2. The zero-order valence-corrected chi connectivity index (χ0v) is 15.7. The Hall–Kier alpha value is -3.61. The minimum Gasteiger partial charge on any atom is -0.492 e. The van der Waals surface area contributed by atoms with E-state index in [1.807, 2.05) is 42.5 Å². The zero-order valence-electron chi connectivity index (χ0n) is 15.7. The molecule has 0 atom stereocenters. The molecule has 1 heterocycles. The lowest BCUT2D eigenvalue weighted by Crippen LogP contribution is -2.37. The van der Waals surface area contributed by atoms with E-state index >= 15 is 0 Å². The zero-order chi connectivity index (χ0) is 20.1. The maximum Gasteiger partial charge on any atom is 0.330 e. The first kappa shape index (κ1) is 19.2. The number of hydrogen-bond donors (Lipinski definition) is 1. The maximum atomic E-state index is 12.0. The van der Waals surface area contributed by atoms with Crippen molar-refractivity contribution in [1.82, 2.24) is 14.5 Å². The molecule has 144 valence electrons. The molecule has 7 heteroatoms. The summed E-state index contributed by atoms with van der Waals surface area (Å²) in [5.41, 5.74) is -0.614. The molecule has 0 saturated heterocycles. The Bertz CT molecular complexity index is 1160. The Labute approximate surface area is 161 Å². The molecule has 0 spiro atoms.